The molecule has 1 aromatic heterocycles. The highest BCUT2D eigenvalue weighted by molar-refractivity contribution is 5.89. The van der Waals surface area contributed by atoms with E-state index in [9.17, 15) is 19.8 Å². The second-order valence-corrected chi connectivity index (χ2v) is 6.64. The molecule has 0 bridgehead atoms. The van der Waals surface area contributed by atoms with Gasteiger partial charge in [0.05, 0.1) is 25.2 Å². The summed E-state index contributed by atoms with van der Waals surface area (Å²) in [6, 6.07) is 2.87. The van der Waals surface area contributed by atoms with Crippen LogP contribution in [0.4, 0.5) is 0 Å². The highest BCUT2D eigenvalue weighted by Gasteiger charge is 2.18. The van der Waals surface area contributed by atoms with Gasteiger partial charge in [-0.3, -0.25) is 9.69 Å². The number of phenols is 2. The summed E-state index contributed by atoms with van der Waals surface area (Å²) in [7, 11) is 0. The van der Waals surface area contributed by atoms with Crippen molar-refractivity contribution in [2.45, 2.75) is 19.8 Å². The number of hydrogen-bond acceptors (Lipinski definition) is 7. The van der Waals surface area contributed by atoms with E-state index in [-0.39, 0.29) is 29.2 Å². The first-order valence-corrected chi connectivity index (χ1v) is 9.01. The zero-order valence-electron chi connectivity index (χ0n) is 15.3. The molecule has 1 aromatic carbocycles. The maximum Gasteiger partial charge on any atom is 0.340 e. The molecule has 0 radical (unpaired) electrons. The third-order valence-electron chi connectivity index (χ3n) is 4.82. The Morgan fingerprint density at radius 3 is 2.74 bits per heavy atom. The van der Waals surface area contributed by atoms with Crippen LogP contribution in [0.2, 0.25) is 0 Å². The number of carbonyl (C=O) groups excluding carboxylic acids is 1. The summed E-state index contributed by atoms with van der Waals surface area (Å²) in [6.45, 7) is 6.43. The smallest absolute Gasteiger partial charge is 0.340 e. The predicted molar refractivity (Wildman–Crippen MR) is 99.1 cm³/mol. The van der Waals surface area contributed by atoms with Gasteiger partial charge in [-0.05, 0) is 37.6 Å². The largest absolute Gasteiger partial charge is 0.504 e. The van der Waals surface area contributed by atoms with Gasteiger partial charge in [0.2, 0.25) is 11.7 Å². The maximum atomic E-state index is 12.2. The van der Waals surface area contributed by atoms with Crippen molar-refractivity contribution in [1.82, 2.24) is 10.2 Å². The highest BCUT2D eigenvalue weighted by Crippen LogP contribution is 2.34. The molecule has 0 saturated carbocycles. The van der Waals surface area contributed by atoms with Crippen LogP contribution in [0.15, 0.2) is 21.3 Å². The number of benzene rings is 1. The van der Waals surface area contributed by atoms with E-state index in [2.05, 4.69) is 10.2 Å². The van der Waals surface area contributed by atoms with Crippen molar-refractivity contribution < 1.29 is 24.2 Å². The number of aromatic hydroxyl groups is 2. The van der Waals surface area contributed by atoms with E-state index in [0.717, 1.165) is 39.3 Å². The molecule has 1 aliphatic heterocycles. The van der Waals surface area contributed by atoms with E-state index in [0.29, 0.717) is 17.5 Å². The number of hydrogen-bond donors (Lipinski definition) is 3. The van der Waals surface area contributed by atoms with Crippen LogP contribution in [0.5, 0.6) is 11.5 Å². The number of nitrogens with zero attached hydrogens (tertiary/aromatic N) is 1. The first kappa shape index (κ1) is 19.2. The van der Waals surface area contributed by atoms with Crippen LogP contribution in [0.3, 0.4) is 0 Å². The van der Waals surface area contributed by atoms with Gasteiger partial charge in [0.15, 0.2) is 11.3 Å². The molecule has 1 amide bonds. The van der Waals surface area contributed by atoms with Gasteiger partial charge in [0.25, 0.3) is 0 Å². The number of ether oxygens (including phenoxy) is 1. The van der Waals surface area contributed by atoms with Crippen LogP contribution in [-0.2, 0) is 16.0 Å². The van der Waals surface area contributed by atoms with Crippen molar-refractivity contribution in [1.29, 1.82) is 0 Å². The van der Waals surface area contributed by atoms with Gasteiger partial charge >= 0.3 is 5.63 Å². The molecular weight excluding hydrogens is 352 g/mol. The molecule has 3 rings (SSSR count). The number of carbonyl (C=O) groups is 1. The molecule has 146 valence electrons. The van der Waals surface area contributed by atoms with Crippen LogP contribution in [0, 0.1) is 6.92 Å². The molecule has 0 unspecified atom stereocenters. The van der Waals surface area contributed by atoms with Gasteiger partial charge in [-0.1, -0.05) is 0 Å². The zero-order valence-corrected chi connectivity index (χ0v) is 15.3. The second-order valence-electron chi connectivity index (χ2n) is 6.64. The van der Waals surface area contributed by atoms with E-state index in [1.54, 1.807) is 13.0 Å². The molecule has 8 heteroatoms. The number of nitrogens with one attached hydrogen (secondary N) is 1. The standard InChI is InChI=1S/C19H24N2O6/c1-12-13-3-4-15(22)17(24)18(13)27-19(25)14(12)11-16(23)20-5-2-6-21-7-9-26-10-8-21/h3-4,22,24H,2,5-11H2,1H3,(H,20,23). The lowest BCUT2D eigenvalue weighted by Crippen LogP contribution is -2.38. The number of amides is 1. The Labute approximate surface area is 156 Å². The van der Waals surface area contributed by atoms with Gasteiger partial charge in [0, 0.05) is 25.0 Å². The van der Waals surface area contributed by atoms with E-state index < -0.39 is 11.4 Å². The quantitative estimate of drug-likeness (QED) is 0.390. The SMILES string of the molecule is Cc1c(CC(=O)NCCCN2CCOCC2)c(=O)oc2c(O)c(O)ccc12. The number of fused-ring (bicyclic) bond motifs is 1. The molecule has 8 nitrogen and oxygen atoms in total. The summed E-state index contributed by atoms with van der Waals surface area (Å²) in [5, 5.41) is 22.7. The van der Waals surface area contributed by atoms with Gasteiger partial charge in [-0.2, -0.15) is 0 Å². The Hall–Kier alpha value is -2.58. The van der Waals surface area contributed by atoms with E-state index in [1.165, 1.54) is 6.07 Å². The van der Waals surface area contributed by atoms with Crippen molar-refractivity contribution in [3.8, 4) is 11.5 Å². The van der Waals surface area contributed by atoms with Gasteiger partial charge in [-0.25, -0.2) is 4.79 Å². The van der Waals surface area contributed by atoms with Crippen molar-refractivity contribution in [3.63, 3.8) is 0 Å². The highest BCUT2D eigenvalue weighted by atomic mass is 16.5. The summed E-state index contributed by atoms with van der Waals surface area (Å²) < 4.78 is 10.4. The molecule has 0 aliphatic carbocycles. The van der Waals surface area contributed by atoms with Crippen molar-refractivity contribution in [3.05, 3.63) is 33.7 Å². The van der Waals surface area contributed by atoms with Gasteiger partial charge in [-0.15, -0.1) is 0 Å². The first-order valence-electron chi connectivity index (χ1n) is 9.01. The molecule has 0 atom stereocenters. The Balaban J connectivity index is 1.61. The fourth-order valence-electron chi connectivity index (χ4n) is 3.21. The minimum absolute atomic E-state index is 0.0767. The number of phenolic OH excluding ortho intramolecular Hbond substituents is 2. The van der Waals surface area contributed by atoms with Crippen molar-refractivity contribution in [2.75, 3.05) is 39.4 Å². The second kappa shape index (κ2) is 8.41. The molecule has 1 aliphatic rings. The van der Waals surface area contributed by atoms with Crippen molar-refractivity contribution >= 4 is 16.9 Å². The third kappa shape index (κ3) is 4.40. The van der Waals surface area contributed by atoms with Gasteiger partial charge in [0.1, 0.15) is 0 Å². The molecule has 0 spiro atoms. The average molecular weight is 376 g/mol. The molecule has 2 heterocycles. The molecule has 27 heavy (non-hydrogen) atoms. The van der Waals surface area contributed by atoms with Crippen LogP contribution in [-0.4, -0.2) is 60.4 Å². The lowest BCUT2D eigenvalue weighted by atomic mass is 10.0. The van der Waals surface area contributed by atoms with Crippen LogP contribution >= 0.6 is 0 Å². The topological polar surface area (TPSA) is 112 Å². The number of aryl methyl sites for hydroxylation is 1. The number of rotatable bonds is 6. The molecular formula is C19H24N2O6. The van der Waals surface area contributed by atoms with E-state index >= 15 is 0 Å². The van der Waals surface area contributed by atoms with E-state index in [1.807, 2.05) is 0 Å². The summed E-state index contributed by atoms with van der Waals surface area (Å²) in [6.07, 6.45) is 0.730. The Kier molecular flexibility index (Phi) is 5.98. The van der Waals surface area contributed by atoms with Crippen LogP contribution in [0.1, 0.15) is 17.5 Å². The number of morpholine rings is 1. The normalized spacial score (nSPS) is 15.1. The molecule has 1 fully saturated rings. The summed E-state index contributed by atoms with van der Waals surface area (Å²) in [5.74, 6) is -1.10. The fraction of sp³-hybridized carbons (Fsp3) is 0.474. The lowest BCUT2D eigenvalue weighted by molar-refractivity contribution is -0.120. The minimum Gasteiger partial charge on any atom is -0.504 e. The third-order valence-corrected chi connectivity index (χ3v) is 4.82. The fourth-order valence-corrected chi connectivity index (χ4v) is 3.21. The average Bonchev–Trinajstić information content (AvgIpc) is 2.66. The minimum atomic E-state index is -0.690. The van der Waals surface area contributed by atoms with Crippen molar-refractivity contribution in [2.24, 2.45) is 0 Å². The first-order chi connectivity index (χ1) is 13.0. The van der Waals surface area contributed by atoms with Gasteiger partial charge < -0.3 is 24.7 Å². The van der Waals surface area contributed by atoms with E-state index in [4.69, 9.17) is 9.15 Å². The lowest BCUT2D eigenvalue weighted by Gasteiger charge is -2.26. The maximum absolute atomic E-state index is 12.2. The Morgan fingerprint density at radius 1 is 1.26 bits per heavy atom. The summed E-state index contributed by atoms with van der Waals surface area (Å²) in [5.41, 5.74) is 0.0369. The molecule has 1 saturated heterocycles. The molecule has 2 aromatic rings. The summed E-state index contributed by atoms with van der Waals surface area (Å²) in [4.78, 5) is 26.7. The monoisotopic (exact) mass is 376 g/mol. The van der Waals surface area contributed by atoms with Crippen LogP contribution in [0.25, 0.3) is 11.0 Å². The molecule has 3 N–H and O–H groups in total. The predicted octanol–water partition coefficient (Wildman–Crippen LogP) is 0.894. The zero-order chi connectivity index (χ0) is 19.4. The Morgan fingerprint density at radius 2 is 2.00 bits per heavy atom. The van der Waals surface area contributed by atoms with Crippen LogP contribution < -0.4 is 10.9 Å². The Bertz CT molecular complexity index is 886. The summed E-state index contributed by atoms with van der Waals surface area (Å²) >= 11 is 0.